The first-order valence-corrected chi connectivity index (χ1v) is 19.5. The minimum absolute atomic E-state index is 0.388. The molecule has 9 aromatic carbocycles. The van der Waals surface area contributed by atoms with Gasteiger partial charge in [0.25, 0.3) is 0 Å². The van der Waals surface area contributed by atoms with Crippen molar-refractivity contribution in [3.63, 3.8) is 0 Å². The largest absolute Gasteiger partial charge is 0.208 e. The summed E-state index contributed by atoms with van der Waals surface area (Å²) in [5.41, 5.74) is 15.5. The topological polar surface area (TPSA) is 38.7 Å². The first kappa shape index (κ1) is 31.8. The lowest BCUT2D eigenvalue weighted by molar-refractivity contribution is 0.794. The number of hydrogen-bond acceptors (Lipinski definition) is 3. The van der Waals surface area contributed by atoms with Crippen molar-refractivity contribution < 1.29 is 0 Å². The fourth-order valence-corrected chi connectivity index (χ4v) is 9.67. The summed E-state index contributed by atoms with van der Waals surface area (Å²) >= 11 is 0. The van der Waals surface area contributed by atoms with Crippen LogP contribution in [0.3, 0.4) is 0 Å². The molecule has 2 aliphatic carbocycles. The van der Waals surface area contributed by atoms with Gasteiger partial charge in [-0.1, -0.05) is 194 Å². The molecule has 0 fully saturated rings. The highest BCUT2D eigenvalue weighted by Gasteiger charge is 2.51. The van der Waals surface area contributed by atoms with Crippen LogP contribution in [0.2, 0.25) is 0 Å². The van der Waals surface area contributed by atoms with Crippen LogP contribution in [0, 0.1) is 0 Å². The van der Waals surface area contributed by atoms with Gasteiger partial charge in [-0.15, -0.1) is 0 Å². The molecule has 264 valence electrons. The molecule has 0 radical (unpaired) electrons. The molecule has 1 unspecified atom stereocenters. The lowest BCUT2D eigenvalue weighted by atomic mass is 9.70. The van der Waals surface area contributed by atoms with Crippen LogP contribution in [0.15, 0.2) is 200 Å². The van der Waals surface area contributed by atoms with Crippen molar-refractivity contribution in [2.24, 2.45) is 0 Å². The summed E-state index contributed by atoms with van der Waals surface area (Å²) in [5.74, 6) is 1.96. The maximum Gasteiger partial charge on any atom is 0.164 e. The minimum Gasteiger partial charge on any atom is -0.208 e. The van der Waals surface area contributed by atoms with Crippen molar-refractivity contribution in [3.05, 3.63) is 222 Å². The maximum absolute atomic E-state index is 5.10. The van der Waals surface area contributed by atoms with Crippen LogP contribution in [0.5, 0.6) is 0 Å². The molecule has 1 atom stereocenters. The molecule has 0 saturated heterocycles. The smallest absolute Gasteiger partial charge is 0.164 e. The summed E-state index contributed by atoms with van der Waals surface area (Å²) in [6, 6.07) is 72.2. The standard InChI is InChI=1S/C54H33N3/c1-2-15-37(16-3-1)51-55-52(57-53(56-51)43-22-12-17-35-13-4-6-18-40(35)43)38-27-25-34(26-28-38)39-30-31-48-45(33-39)42-20-8-10-23-46(42)54(48)47-24-11-9-21-44(47)50-41-19-7-5-14-36(41)29-32-49(50)54/h1-33H. The highest BCUT2D eigenvalue weighted by atomic mass is 15.0. The summed E-state index contributed by atoms with van der Waals surface area (Å²) in [6.07, 6.45) is 0. The predicted molar refractivity (Wildman–Crippen MR) is 233 cm³/mol. The quantitative estimate of drug-likeness (QED) is 0.181. The number of fused-ring (bicyclic) bond motifs is 13. The number of aromatic nitrogens is 3. The highest BCUT2D eigenvalue weighted by molar-refractivity contribution is 6.06. The van der Waals surface area contributed by atoms with Crippen LogP contribution >= 0.6 is 0 Å². The zero-order valence-corrected chi connectivity index (χ0v) is 30.9. The van der Waals surface area contributed by atoms with Gasteiger partial charge < -0.3 is 0 Å². The number of benzene rings is 9. The third-order valence-electron chi connectivity index (χ3n) is 12.2. The van der Waals surface area contributed by atoms with E-state index in [1.165, 1.54) is 60.8 Å². The average Bonchev–Trinajstić information content (AvgIpc) is 3.76. The van der Waals surface area contributed by atoms with E-state index in [2.05, 4.69) is 182 Å². The Morgan fingerprint density at radius 2 is 0.789 bits per heavy atom. The van der Waals surface area contributed by atoms with Crippen LogP contribution in [0.1, 0.15) is 22.3 Å². The van der Waals surface area contributed by atoms with Crippen LogP contribution in [0.4, 0.5) is 0 Å². The third-order valence-corrected chi connectivity index (χ3v) is 12.2. The molecule has 3 heteroatoms. The van der Waals surface area contributed by atoms with Crippen molar-refractivity contribution in [2.45, 2.75) is 5.41 Å². The Labute approximate surface area is 330 Å². The Morgan fingerprint density at radius 1 is 0.281 bits per heavy atom. The molecule has 0 aliphatic heterocycles. The van der Waals surface area contributed by atoms with Crippen LogP contribution in [-0.4, -0.2) is 15.0 Å². The normalized spacial score (nSPS) is 14.7. The van der Waals surface area contributed by atoms with E-state index in [1.807, 2.05) is 18.2 Å². The number of nitrogens with zero attached hydrogens (tertiary/aromatic N) is 3. The Balaban J connectivity index is 0.987. The Hall–Kier alpha value is -7.49. The molecule has 0 bridgehead atoms. The van der Waals surface area contributed by atoms with Crippen molar-refractivity contribution in [2.75, 3.05) is 0 Å². The average molecular weight is 724 g/mol. The molecular formula is C54H33N3. The summed E-state index contributed by atoms with van der Waals surface area (Å²) in [4.78, 5) is 15.1. The second kappa shape index (κ2) is 12.3. The Bertz CT molecular complexity index is 3230. The SMILES string of the molecule is c1ccc(-c2nc(-c3ccc(-c4ccc5c(c4)-c4ccccc4C54c5ccccc5-c5c4ccc4ccccc54)cc3)nc(-c3cccc4ccccc34)n2)cc1. The monoisotopic (exact) mass is 723 g/mol. The highest BCUT2D eigenvalue weighted by Crippen LogP contribution is 2.64. The van der Waals surface area contributed by atoms with Crippen LogP contribution in [-0.2, 0) is 5.41 Å². The minimum atomic E-state index is -0.388. The molecule has 2 aliphatic rings. The van der Waals surface area contributed by atoms with Gasteiger partial charge in [0.05, 0.1) is 5.41 Å². The van der Waals surface area contributed by atoms with Gasteiger partial charge in [-0.05, 0) is 83.2 Å². The van der Waals surface area contributed by atoms with Crippen molar-refractivity contribution in [1.82, 2.24) is 15.0 Å². The summed E-state index contributed by atoms with van der Waals surface area (Å²) in [5, 5.41) is 4.84. The van der Waals surface area contributed by atoms with E-state index in [9.17, 15) is 0 Å². The van der Waals surface area contributed by atoms with Gasteiger partial charge in [-0.25, -0.2) is 15.0 Å². The van der Waals surface area contributed by atoms with Gasteiger partial charge >= 0.3 is 0 Å². The Morgan fingerprint density at radius 3 is 1.58 bits per heavy atom. The molecule has 0 saturated carbocycles. The molecule has 1 aromatic heterocycles. The van der Waals surface area contributed by atoms with E-state index in [-0.39, 0.29) is 5.41 Å². The van der Waals surface area contributed by atoms with Gasteiger partial charge in [0.15, 0.2) is 17.5 Å². The molecule has 0 amide bonds. The van der Waals surface area contributed by atoms with Crippen LogP contribution < -0.4 is 0 Å². The summed E-state index contributed by atoms with van der Waals surface area (Å²) in [7, 11) is 0. The summed E-state index contributed by atoms with van der Waals surface area (Å²) < 4.78 is 0. The molecule has 57 heavy (non-hydrogen) atoms. The first-order chi connectivity index (χ1) is 28.3. The van der Waals surface area contributed by atoms with E-state index >= 15 is 0 Å². The van der Waals surface area contributed by atoms with Gasteiger partial charge in [0, 0.05) is 16.7 Å². The molecule has 1 spiro atoms. The third kappa shape index (κ3) is 4.63. The zero-order valence-electron chi connectivity index (χ0n) is 30.9. The van der Waals surface area contributed by atoms with Gasteiger partial charge in [0.2, 0.25) is 0 Å². The molecule has 3 nitrogen and oxygen atoms in total. The fraction of sp³-hybridized carbons (Fsp3) is 0.0185. The zero-order chi connectivity index (χ0) is 37.5. The lowest BCUT2D eigenvalue weighted by Crippen LogP contribution is -2.25. The second-order valence-corrected chi connectivity index (χ2v) is 15.1. The van der Waals surface area contributed by atoms with Gasteiger partial charge in [0.1, 0.15) is 0 Å². The molecule has 0 N–H and O–H groups in total. The maximum atomic E-state index is 5.10. The fourth-order valence-electron chi connectivity index (χ4n) is 9.67. The molecule has 10 aromatic rings. The van der Waals surface area contributed by atoms with Gasteiger partial charge in [-0.3, -0.25) is 0 Å². The first-order valence-electron chi connectivity index (χ1n) is 19.5. The number of rotatable bonds is 4. The molecule has 12 rings (SSSR count). The lowest BCUT2D eigenvalue weighted by Gasteiger charge is -2.30. The van der Waals surface area contributed by atoms with Gasteiger partial charge in [-0.2, -0.15) is 0 Å². The van der Waals surface area contributed by atoms with Crippen molar-refractivity contribution in [1.29, 1.82) is 0 Å². The second-order valence-electron chi connectivity index (χ2n) is 15.1. The molecule has 1 heterocycles. The van der Waals surface area contributed by atoms with Crippen molar-refractivity contribution in [3.8, 4) is 67.5 Å². The Kier molecular flexibility index (Phi) is 6.84. The van der Waals surface area contributed by atoms with E-state index in [0.717, 1.165) is 33.0 Å². The number of hydrogen-bond donors (Lipinski definition) is 0. The van der Waals surface area contributed by atoms with Crippen molar-refractivity contribution >= 4 is 21.5 Å². The van der Waals surface area contributed by atoms with Crippen LogP contribution in [0.25, 0.3) is 89.1 Å². The van der Waals surface area contributed by atoms with E-state index in [4.69, 9.17) is 15.0 Å². The predicted octanol–water partition coefficient (Wildman–Crippen LogP) is 13.2. The summed E-state index contributed by atoms with van der Waals surface area (Å²) in [6.45, 7) is 0. The van der Waals surface area contributed by atoms with E-state index in [1.54, 1.807) is 0 Å². The molecular weight excluding hydrogens is 691 g/mol. The van der Waals surface area contributed by atoms with E-state index < -0.39 is 0 Å². The van der Waals surface area contributed by atoms with E-state index in [0.29, 0.717) is 17.5 Å².